The highest BCUT2D eigenvalue weighted by Crippen LogP contribution is 2.34. The van der Waals surface area contributed by atoms with Crippen molar-refractivity contribution in [2.45, 2.75) is 6.54 Å². The normalized spacial score (nSPS) is 14.8. The molecule has 41 heavy (non-hydrogen) atoms. The van der Waals surface area contributed by atoms with Gasteiger partial charge in [0.25, 0.3) is 5.91 Å². The summed E-state index contributed by atoms with van der Waals surface area (Å²) in [5, 5.41) is 6.76. The number of anilines is 2. The van der Waals surface area contributed by atoms with Crippen molar-refractivity contribution in [1.29, 1.82) is 0 Å². The molecule has 2 aliphatic heterocycles. The molecule has 0 unspecified atom stereocenters. The molecule has 1 amide bonds. The third kappa shape index (κ3) is 6.27. The van der Waals surface area contributed by atoms with E-state index in [1.54, 1.807) is 30.5 Å². The molecule has 0 radical (unpaired) electrons. The van der Waals surface area contributed by atoms with Gasteiger partial charge in [0.05, 0.1) is 31.2 Å². The van der Waals surface area contributed by atoms with Crippen LogP contribution in [-0.4, -0.2) is 65.9 Å². The summed E-state index contributed by atoms with van der Waals surface area (Å²) in [5.41, 5.74) is 5.81. The minimum atomic E-state index is -0.335. The zero-order valence-electron chi connectivity index (χ0n) is 22.2. The van der Waals surface area contributed by atoms with Crippen LogP contribution in [0.15, 0.2) is 77.9 Å². The number of nitrogens with zero attached hydrogens (tertiary/aromatic N) is 4. The van der Waals surface area contributed by atoms with Crippen LogP contribution in [0, 0.1) is 5.82 Å². The second kappa shape index (κ2) is 12.1. The predicted molar refractivity (Wildman–Crippen MR) is 158 cm³/mol. The molecule has 0 atom stereocenters. The number of benzene rings is 3. The maximum absolute atomic E-state index is 14.1. The lowest BCUT2D eigenvalue weighted by molar-refractivity contribution is 0.0383. The molecule has 1 aromatic heterocycles. The Labute approximate surface area is 242 Å². The van der Waals surface area contributed by atoms with E-state index in [0.29, 0.717) is 40.9 Å². The van der Waals surface area contributed by atoms with Gasteiger partial charge >= 0.3 is 0 Å². The number of ether oxygens (including phenoxy) is 1. The van der Waals surface area contributed by atoms with E-state index in [0.717, 1.165) is 60.9 Å². The zero-order chi connectivity index (χ0) is 28.2. The van der Waals surface area contributed by atoms with Crippen LogP contribution in [0.3, 0.4) is 0 Å². The molecule has 10 heteroatoms. The molecule has 0 spiro atoms. The number of hydrogen-bond donors (Lipinski definition) is 2. The van der Waals surface area contributed by atoms with Crippen molar-refractivity contribution in [1.82, 2.24) is 20.2 Å². The smallest absolute Gasteiger partial charge is 0.251 e. The summed E-state index contributed by atoms with van der Waals surface area (Å²) >= 11 is 6.37. The fourth-order valence-electron chi connectivity index (χ4n) is 4.96. The Morgan fingerprint density at radius 2 is 1.85 bits per heavy atom. The van der Waals surface area contributed by atoms with E-state index in [2.05, 4.69) is 20.5 Å². The molecule has 208 valence electrons. The third-order valence-electron chi connectivity index (χ3n) is 7.08. The summed E-state index contributed by atoms with van der Waals surface area (Å²) in [6.45, 7) is 4.97. The average Bonchev–Trinajstić information content (AvgIpc) is 3.14. The number of carbonyl (C=O) groups excluding carboxylic acids is 1. The van der Waals surface area contributed by atoms with Gasteiger partial charge in [-0.1, -0.05) is 29.8 Å². The van der Waals surface area contributed by atoms with Crippen LogP contribution >= 0.6 is 11.6 Å². The molecule has 4 aromatic rings. The quantitative estimate of drug-likeness (QED) is 0.321. The van der Waals surface area contributed by atoms with Gasteiger partial charge in [-0.3, -0.25) is 14.7 Å². The number of rotatable bonds is 7. The first-order valence-electron chi connectivity index (χ1n) is 13.5. The van der Waals surface area contributed by atoms with E-state index in [1.807, 2.05) is 30.3 Å². The summed E-state index contributed by atoms with van der Waals surface area (Å²) in [7, 11) is 0. The summed E-state index contributed by atoms with van der Waals surface area (Å²) in [5.74, 6) is -0.0460. The third-order valence-corrected chi connectivity index (χ3v) is 7.32. The minimum absolute atomic E-state index is 0.115. The van der Waals surface area contributed by atoms with Crippen LogP contribution in [0.5, 0.6) is 0 Å². The number of amides is 1. The SMILES string of the molecule is O=C(NCCN1CCOCC1)c1ccc(Nc2ncc3c(n2)-c2ccc(Cl)cc2C(c2cccc(F)c2)=NC3)cc1. The molecular weight excluding hydrogens is 543 g/mol. The number of aliphatic imine (C=N–C) groups is 1. The molecule has 1 fully saturated rings. The number of hydrogen-bond acceptors (Lipinski definition) is 7. The van der Waals surface area contributed by atoms with Gasteiger partial charge in [-0.2, -0.15) is 0 Å². The summed E-state index contributed by atoms with van der Waals surface area (Å²) in [6, 6.07) is 19.1. The highest BCUT2D eigenvalue weighted by Gasteiger charge is 2.22. The lowest BCUT2D eigenvalue weighted by atomic mass is 9.95. The van der Waals surface area contributed by atoms with Crippen molar-refractivity contribution in [3.05, 3.63) is 106 Å². The zero-order valence-corrected chi connectivity index (χ0v) is 23.0. The Hall–Kier alpha value is -4.18. The van der Waals surface area contributed by atoms with E-state index in [1.165, 1.54) is 12.1 Å². The van der Waals surface area contributed by atoms with Crippen molar-refractivity contribution in [2.75, 3.05) is 44.7 Å². The Morgan fingerprint density at radius 3 is 2.66 bits per heavy atom. The first kappa shape index (κ1) is 27.0. The molecule has 3 heterocycles. The minimum Gasteiger partial charge on any atom is -0.379 e. The maximum atomic E-state index is 14.1. The Kier molecular flexibility index (Phi) is 8.00. The van der Waals surface area contributed by atoms with Gasteiger partial charge in [-0.05, 0) is 48.5 Å². The summed E-state index contributed by atoms with van der Waals surface area (Å²) in [4.78, 5) is 29.0. The van der Waals surface area contributed by atoms with E-state index < -0.39 is 0 Å². The van der Waals surface area contributed by atoms with E-state index in [4.69, 9.17) is 26.3 Å². The maximum Gasteiger partial charge on any atom is 0.251 e. The van der Waals surface area contributed by atoms with Crippen molar-refractivity contribution < 1.29 is 13.9 Å². The fraction of sp³-hybridized carbons (Fsp3) is 0.226. The van der Waals surface area contributed by atoms with Gasteiger partial charge in [0, 0.05) is 70.9 Å². The van der Waals surface area contributed by atoms with Crippen LogP contribution in [0.4, 0.5) is 16.0 Å². The molecule has 0 saturated carbocycles. The summed E-state index contributed by atoms with van der Waals surface area (Å²) < 4.78 is 19.4. The van der Waals surface area contributed by atoms with Gasteiger partial charge in [0.15, 0.2) is 0 Å². The van der Waals surface area contributed by atoms with E-state index >= 15 is 0 Å². The highest BCUT2D eigenvalue weighted by atomic mass is 35.5. The lowest BCUT2D eigenvalue weighted by Crippen LogP contribution is -2.41. The molecule has 6 rings (SSSR count). The van der Waals surface area contributed by atoms with Crippen LogP contribution in [0.25, 0.3) is 11.3 Å². The Balaban J connectivity index is 1.18. The van der Waals surface area contributed by atoms with Gasteiger partial charge in [-0.25, -0.2) is 14.4 Å². The molecule has 8 nitrogen and oxygen atoms in total. The standard InChI is InChI=1S/C31H28ClFN6O2/c32-23-6-9-26-27(17-23)28(21-2-1-3-24(33)16-21)35-18-22-19-36-31(38-29(22)26)37-25-7-4-20(5-8-25)30(40)34-10-11-39-12-14-41-15-13-39/h1-9,16-17,19H,10-15,18H2,(H,34,40)(H,36,37,38). The van der Waals surface area contributed by atoms with E-state index in [9.17, 15) is 9.18 Å². The highest BCUT2D eigenvalue weighted by molar-refractivity contribution is 6.31. The number of aromatic nitrogens is 2. The molecular formula is C31H28ClFN6O2. The monoisotopic (exact) mass is 570 g/mol. The van der Waals surface area contributed by atoms with Gasteiger partial charge in [0.1, 0.15) is 5.82 Å². The topological polar surface area (TPSA) is 91.7 Å². The molecule has 3 aromatic carbocycles. The lowest BCUT2D eigenvalue weighted by Gasteiger charge is -2.26. The molecule has 0 bridgehead atoms. The Morgan fingerprint density at radius 1 is 1.02 bits per heavy atom. The molecule has 2 N–H and O–H groups in total. The average molecular weight is 571 g/mol. The van der Waals surface area contributed by atoms with Crippen molar-refractivity contribution >= 4 is 34.9 Å². The Bertz CT molecular complexity index is 1600. The van der Waals surface area contributed by atoms with Crippen LogP contribution < -0.4 is 10.6 Å². The van der Waals surface area contributed by atoms with Crippen molar-refractivity contribution in [2.24, 2.45) is 4.99 Å². The van der Waals surface area contributed by atoms with Gasteiger partial charge in [-0.15, -0.1) is 0 Å². The molecule has 1 saturated heterocycles. The number of fused-ring (bicyclic) bond motifs is 3. The number of nitrogens with one attached hydrogen (secondary N) is 2. The number of carbonyl (C=O) groups is 1. The predicted octanol–water partition coefficient (Wildman–Crippen LogP) is 5.09. The fourth-order valence-corrected chi connectivity index (χ4v) is 5.13. The van der Waals surface area contributed by atoms with Crippen molar-refractivity contribution in [3.8, 4) is 11.3 Å². The first-order valence-corrected chi connectivity index (χ1v) is 13.8. The number of morpholine rings is 1. The second-order valence-electron chi connectivity index (χ2n) is 9.84. The second-order valence-corrected chi connectivity index (χ2v) is 10.3. The largest absolute Gasteiger partial charge is 0.379 e. The van der Waals surface area contributed by atoms with E-state index in [-0.39, 0.29) is 11.7 Å². The van der Waals surface area contributed by atoms with Crippen LogP contribution in [0.2, 0.25) is 5.02 Å². The van der Waals surface area contributed by atoms with Gasteiger partial charge in [0.2, 0.25) is 5.95 Å². The van der Waals surface area contributed by atoms with Crippen LogP contribution in [0.1, 0.15) is 27.0 Å². The van der Waals surface area contributed by atoms with Gasteiger partial charge < -0.3 is 15.4 Å². The first-order chi connectivity index (χ1) is 20.0. The number of halogens is 2. The van der Waals surface area contributed by atoms with Crippen LogP contribution in [-0.2, 0) is 11.3 Å². The molecule has 2 aliphatic rings. The van der Waals surface area contributed by atoms with Crippen molar-refractivity contribution in [3.63, 3.8) is 0 Å². The summed E-state index contributed by atoms with van der Waals surface area (Å²) in [6.07, 6.45) is 1.75. The molecule has 0 aliphatic carbocycles.